The van der Waals surface area contributed by atoms with E-state index in [1.807, 2.05) is 0 Å². The minimum absolute atomic E-state index is 0.119. The maximum absolute atomic E-state index is 12.2. The van der Waals surface area contributed by atoms with Gasteiger partial charge >= 0.3 is 0 Å². The average molecular weight is 259 g/mol. The molecule has 0 aromatic heterocycles. The van der Waals surface area contributed by atoms with E-state index in [0.29, 0.717) is 6.04 Å². The molecule has 19 heavy (non-hydrogen) atoms. The van der Waals surface area contributed by atoms with E-state index in [4.69, 9.17) is 0 Å². The summed E-state index contributed by atoms with van der Waals surface area (Å²) in [5.41, 5.74) is 2.43. The molecular formula is C15H21N3O. The molecule has 1 aromatic carbocycles. The first-order chi connectivity index (χ1) is 9.29. The van der Waals surface area contributed by atoms with Gasteiger partial charge in [0.25, 0.3) is 0 Å². The molecule has 2 fully saturated rings. The number of fused-ring (bicyclic) bond motifs is 1. The van der Waals surface area contributed by atoms with Crippen LogP contribution in [0.25, 0.3) is 0 Å². The highest BCUT2D eigenvalue weighted by Gasteiger charge is 2.38. The average Bonchev–Trinajstić information content (AvgIpc) is 2.47. The van der Waals surface area contributed by atoms with Gasteiger partial charge in [-0.25, -0.2) is 0 Å². The third kappa shape index (κ3) is 2.38. The maximum Gasteiger partial charge on any atom is 0.242 e. The van der Waals surface area contributed by atoms with E-state index in [-0.39, 0.29) is 11.9 Å². The summed E-state index contributed by atoms with van der Waals surface area (Å²) in [5, 5.41) is 6.43. The van der Waals surface area contributed by atoms with Gasteiger partial charge in [-0.3, -0.25) is 9.69 Å². The number of nitrogens with one attached hydrogen (secondary N) is 2. The van der Waals surface area contributed by atoms with Gasteiger partial charge in [0.1, 0.15) is 6.04 Å². The Kier molecular flexibility index (Phi) is 3.53. The topological polar surface area (TPSA) is 44.4 Å². The van der Waals surface area contributed by atoms with Crippen LogP contribution in [0.5, 0.6) is 0 Å². The van der Waals surface area contributed by atoms with Crippen molar-refractivity contribution in [2.75, 3.05) is 26.2 Å². The zero-order valence-corrected chi connectivity index (χ0v) is 11.4. The molecule has 0 spiro atoms. The van der Waals surface area contributed by atoms with Crippen LogP contribution in [0.2, 0.25) is 0 Å². The number of piperazine rings is 2. The van der Waals surface area contributed by atoms with Gasteiger partial charge in [-0.15, -0.1) is 0 Å². The Morgan fingerprint density at radius 3 is 2.79 bits per heavy atom. The van der Waals surface area contributed by atoms with E-state index >= 15 is 0 Å². The van der Waals surface area contributed by atoms with E-state index in [1.165, 1.54) is 5.56 Å². The first-order valence-corrected chi connectivity index (χ1v) is 7.12. The Morgan fingerprint density at radius 2 is 2.05 bits per heavy atom. The van der Waals surface area contributed by atoms with Crippen LogP contribution in [-0.2, 0) is 11.2 Å². The first kappa shape index (κ1) is 12.6. The molecule has 2 N–H and O–H groups in total. The van der Waals surface area contributed by atoms with Crippen molar-refractivity contribution >= 4 is 5.91 Å². The van der Waals surface area contributed by atoms with Crippen molar-refractivity contribution in [1.82, 2.24) is 15.5 Å². The number of amides is 1. The van der Waals surface area contributed by atoms with Crippen LogP contribution in [0, 0.1) is 0 Å². The molecule has 0 bridgehead atoms. The van der Waals surface area contributed by atoms with Crippen molar-refractivity contribution in [2.24, 2.45) is 0 Å². The highest BCUT2D eigenvalue weighted by atomic mass is 16.2. The Labute approximate surface area is 114 Å². The summed E-state index contributed by atoms with van der Waals surface area (Å²) in [5.74, 6) is 0.141. The molecule has 102 valence electrons. The van der Waals surface area contributed by atoms with Crippen molar-refractivity contribution in [2.45, 2.75) is 25.4 Å². The quantitative estimate of drug-likeness (QED) is 0.821. The van der Waals surface area contributed by atoms with E-state index in [9.17, 15) is 4.79 Å². The fourth-order valence-electron chi connectivity index (χ4n) is 3.05. The Hall–Kier alpha value is -1.39. The molecule has 2 unspecified atom stereocenters. The van der Waals surface area contributed by atoms with Crippen LogP contribution >= 0.6 is 0 Å². The second kappa shape index (κ2) is 5.31. The lowest BCUT2D eigenvalue weighted by Gasteiger charge is -2.44. The van der Waals surface area contributed by atoms with Crippen molar-refractivity contribution in [3.05, 3.63) is 35.4 Å². The zero-order chi connectivity index (χ0) is 13.2. The van der Waals surface area contributed by atoms with Crippen molar-refractivity contribution < 1.29 is 4.79 Å². The number of carbonyl (C=O) groups excluding carboxylic acids is 1. The summed E-state index contributed by atoms with van der Waals surface area (Å²) in [4.78, 5) is 14.6. The third-order valence-corrected chi connectivity index (χ3v) is 4.19. The second-order valence-electron chi connectivity index (χ2n) is 5.34. The fraction of sp³-hybridized carbons (Fsp3) is 0.533. The maximum atomic E-state index is 12.2. The predicted octanol–water partition coefficient (Wildman–Crippen LogP) is 0.694. The lowest BCUT2D eigenvalue weighted by molar-refractivity contribution is -0.132. The molecule has 4 heteroatoms. The number of aryl methyl sites for hydroxylation is 1. The minimum Gasteiger partial charge on any atom is -0.353 e. The molecule has 2 heterocycles. The molecular weight excluding hydrogens is 238 g/mol. The molecule has 3 rings (SSSR count). The van der Waals surface area contributed by atoms with Crippen LogP contribution in [0.15, 0.2) is 24.3 Å². The first-order valence-electron chi connectivity index (χ1n) is 7.12. The number of nitrogens with zero attached hydrogens (tertiary/aromatic N) is 1. The highest BCUT2D eigenvalue weighted by Crippen LogP contribution is 2.27. The third-order valence-electron chi connectivity index (χ3n) is 4.19. The lowest BCUT2D eigenvalue weighted by atomic mass is 9.96. The monoisotopic (exact) mass is 259 g/mol. The summed E-state index contributed by atoms with van der Waals surface area (Å²) >= 11 is 0. The van der Waals surface area contributed by atoms with Gasteiger partial charge in [0.2, 0.25) is 5.91 Å². The van der Waals surface area contributed by atoms with Gasteiger partial charge in [0.15, 0.2) is 0 Å². The highest BCUT2D eigenvalue weighted by molar-refractivity contribution is 5.84. The number of hydrogen-bond acceptors (Lipinski definition) is 3. The van der Waals surface area contributed by atoms with E-state index in [0.717, 1.165) is 38.2 Å². The van der Waals surface area contributed by atoms with Gasteiger partial charge in [0, 0.05) is 32.2 Å². The number of benzene rings is 1. The largest absolute Gasteiger partial charge is 0.353 e. The van der Waals surface area contributed by atoms with Gasteiger partial charge in [-0.05, 0) is 17.5 Å². The van der Waals surface area contributed by atoms with E-state index in [1.54, 1.807) is 0 Å². The van der Waals surface area contributed by atoms with Gasteiger partial charge < -0.3 is 10.6 Å². The van der Waals surface area contributed by atoms with Crippen molar-refractivity contribution in [3.63, 3.8) is 0 Å². The molecule has 1 amide bonds. The molecule has 0 aliphatic carbocycles. The van der Waals surface area contributed by atoms with E-state index < -0.39 is 0 Å². The summed E-state index contributed by atoms with van der Waals surface area (Å²) in [6.45, 7) is 5.78. The molecule has 2 aliphatic rings. The SMILES string of the molecule is CCc1ccc(C2C(=O)NCC3CNCCN32)cc1. The molecule has 2 aliphatic heterocycles. The summed E-state index contributed by atoms with van der Waals surface area (Å²) < 4.78 is 0. The van der Waals surface area contributed by atoms with Crippen molar-refractivity contribution in [1.29, 1.82) is 0 Å². The number of hydrogen-bond donors (Lipinski definition) is 2. The standard InChI is InChI=1S/C15H21N3O/c1-2-11-3-5-12(6-4-11)14-15(19)17-10-13-9-16-7-8-18(13)14/h3-6,13-14,16H,2,7-10H2,1H3,(H,17,19). The number of carbonyl (C=O) groups is 1. The minimum atomic E-state index is -0.119. The summed E-state index contributed by atoms with van der Waals surface area (Å²) in [6.07, 6.45) is 1.04. The molecule has 2 atom stereocenters. The van der Waals surface area contributed by atoms with Crippen LogP contribution in [0.3, 0.4) is 0 Å². The molecule has 1 aromatic rings. The van der Waals surface area contributed by atoms with Crippen LogP contribution in [-0.4, -0.2) is 43.0 Å². The smallest absolute Gasteiger partial charge is 0.242 e. The van der Waals surface area contributed by atoms with Gasteiger partial charge in [-0.1, -0.05) is 31.2 Å². The second-order valence-corrected chi connectivity index (χ2v) is 5.34. The Bertz CT molecular complexity index is 457. The van der Waals surface area contributed by atoms with Crippen LogP contribution < -0.4 is 10.6 Å². The van der Waals surface area contributed by atoms with Crippen LogP contribution in [0.1, 0.15) is 24.1 Å². The van der Waals surface area contributed by atoms with Gasteiger partial charge in [0.05, 0.1) is 0 Å². The normalized spacial score (nSPS) is 27.7. The predicted molar refractivity (Wildman–Crippen MR) is 74.9 cm³/mol. The fourth-order valence-corrected chi connectivity index (χ4v) is 3.05. The van der Waals surface area contributed by atoms with Crippen molar-refractivity contribution in [3.8, 4) is 0 Å². The Balaban J connectivity index is 1.88. The lowest BCUT2D eigenvalue weighted by Crippen LogP contribution is -2.63. The molecule has 4 nitrogen and oxygen atoms in total. The molecule has 0 saturated carbocycles. The van der Waals surface area contributed by atoms with Gasteiger partial charge in [-0.2, -0.15) is 0 Å². The molecule has 0 radical (unpaired) electrons. The summed E-state index contributed by atoms with van der Waals surface area (Å²) in [7, 11) is 0. The summed E-state index contributed by atoms with van der Waals surface area (Å²) in [6, 6.07) is 8.78. The molecule has 2 saturated heterocycles. The Morgan fingerprint density at radius 1 is 1.26 bits per heavy atom. The van der Waals surface area contributed by atoms with Crippen LogP contribution in [0.4, 0.5) is 0 Å². The number of rotatable bonds is 2. The van der Waals surface area contributed by atoms with E-state index in [2.05, 4.69) is 46.7 Å². The zero-order valence-electron chi connectivity index (χ0n) is 11.4.